The highest BCUT2D eigenvalue weighted by Crippen LogP contribution is 2.33. The van der Waals surface area contributed by atoms with Crippen LogP contribution in [0.1, 0.15) is 21.5 Å². The summed E-state index contributed by atoms with van der Waals surface area (Å²) in [5, 5.41) is 0. The molecular weight excluding hydrogens is 386 g/mol. The Morgan fingerprint density at radius 2 is 1.75 bits per heavy atom. The van der Waals surface area contributed by atoms with E-state index in [1.54, 1.807) is 18.2 Å². The lowest BCUT2D eigenvalue weighted by molar-refractivity contribution is 0.0997. The van der Waals surface area contributed by atoms with E-state index in [-0.39, 0.29) is 0 Å². The first-order valence-electron chi connectivity index (χ1n) is 5.93. The molecule has 20 heavy (non-hydrogen) atoms. The fraction of sp³-hybridized carbons (Fsp3) is 0.133. The maximum absolute atomic E-state index is 11.5. The molecule has 0 aliphatic carbocycles. The van der Waals surface area contributed by atoms with Gasteiger partial charge in [0.2, 0.25) is 0 Å². The van der Waals surface area contributed by atoms with Gasteiger partial charge in [-0.05, 0) is 65.2 Å². The number of hydrogen-bond acceptors (Lipinski definition) is 2. The van der Waals surface area contributed by atoms with Gasteiger partial charge in [-0.2, -0.15) is 0 Å². The lowest BCUT2D eigenvalue weighted by atomic mass is 10.1. The molecule has 2 rings (SSSR count). The minimum atomic E-state index is -0.530. The maximum atomic E-state index is 11.5. The quantitative estimate of drug-likeness (QED) is 0.813. The Labute approximate surface area is 134 Å². The van der Waals surface area contributed by atoms with Crippen LogP contribution in [0.2, 0.25) is 0 Å². The van der Waals surface area contributed by atoms with Gasteiger partial charge >= 0.3 is 0 Å². The van der Waals surface area contributed by atoms with Gasteiger partial charge in [0.15, 0.2) is 0 Å². The third-order valence-corrected chi connectivity index (χ3v) is 4.77. The number of amides is 1. The van der Waals surface area contributed by atoms with Crippen molar-refractivity contribution in [1.29, 1.82) is 0 Å². The molecule has 0 unspecified atom stereocenters. The Kier molecular flexibility index (Phi) is 4.50. The summed E-state index contributed by atoms with van der Waals surface area (Å²) in [4.78, 5) is 11.5. The van der Waals surface area contributed by atoms with Crippen LogP contribution in [0.4, 0.5) is 0 Å². The Morgan fingerprint density at radius 3 is 2.30 bits per heavy atom. The number of ether oxygens (including phenoxy) is 1. The first kappa shape index (κ1) is 15.1. The van der Waals surface area contributed by atoms with E-state index >= 15 is 0 Å². The first-order chi connectivity index (χ1) is 9.40. The molecule has 2 aromatic rings. The third-order valence-electron chi connectivity index (χ3n) is 2.86. The fourth-order valence-electron chi connectivity index (χ4n) is 1.92. The Balaban J connectivity index is 2.45. The van der Waals surface area contributed by atoms with Crippen LogP contribution < -0.4 is 10.5 Å². The van der Waals surface area contributed by atoms with Gasteiger partial charge in [0.05, 0.1) is 5.56 Å². The molecule has 1 amide bonds. The van der Waals surface area contributed by atoms with E-state index in [0.717, 1.165) is 15.6 Å². The topological polar surface area (TPSA) is 52.3 Å². The van der Waals surface area contributed by atoms with E-state index in [9.17, 15) is 4.79 Å². The minimum absolute atomic E-state index is 0.339. The molecule has 0 radical (unpaired) electrons. The molecule has 0 saturated carbocycles. The number of carbonyl (C=O) groups excluding carboxylic acids is 1. The van der Waals surface area contributed by atoms with Crippen molar-refractivity contribution in [2.45, 2.75) is 13.8 Å². The van der Waals surface area contributed by atoms with Gasteiger partial charge in [0, 0.05) is 8.95 Å². The second-order valence-corrected chi connectivity index (χ2v) is 6.10. The molecular formula is C15H13Br2NO2. The van der Waals surface area contributed by atoms with E-state index in [0.29, 0.717) is 21.5 Å². The number of aryl methyl sites for hydroxylation is 2. The van der Waals surface area contributed by atoms with E-state index in [4.69, 9.17) is 10.5 Å². The highest BCUT2D eigenvalue weighted by molar-refractivity contribution is 9.10. The minimum Gasteiger partial charge on any atom is -0.456 e. The molecule has 0 atom stereocenters. The fourth-order valence-corrected chi connectivity index (χ4v) is 2.69. The number of carbonyl (C=O) groups is 1. The smallest absolute Gasteiger partial charge is 0.253 e. The Hall–Kier alpha value is -1.33. The number of rotatable bonds is 3. The molecule has 5 heteroatoms. The molecule has 0 heterocycles. The van der Waals surface area contributed by atoms with Crippen LogP contribution in [-0.2, 0) is 0 Å². The zero-order valence-corrected chi connectivity index (χ0v) is 14.2. The largest absolute Gasteiger partial charge is 0.456 e. The van der Waals surface area contributed by atoms with Gasteiger partial charge in [-0.15, -0.1) is 0 Å². The van der Waals surface area contributed by atoms with Crippen LogP contribution in [-0.4, -0.2) is 5.91 Å². The summed E-state index contributed by atoms with van der Waals surface area (Å²) in [5.74, 6) is 0.579. The molecule has 0 spiro atoms. The molecule has 0 bridgehead atoms. The summed E-state index contributed by atoms with van der Waals surface area (Å²) in [6.07, 6.45) is 0. The van der Waals surface area contributed by atoms with Crippen molar-refractivity contribution in [1.82, 2.24) is 0 Å². The van der Waals surface area contributed by atoms with Crippen molar-refractivity contribution < 1.29 is 9.53 Å². The van der Waals surface area contributed by atoms with Gasteiger partial charge in [-0.3, -0.25) is 4.79 Å². The van der Waals surface area contributed by atoms with Crippen molar-refractivity contribution in [3.63, 3.8) is 0 Å². The molecule has 3 nitrogen and oxygen atoms in total. The van der Waals surface area contributed by atoms with Crippen molar-refractivity contribution in [3.05, 3.63) is 56.0 Å². The Bertz CT molecular complexity index is 661. The number of hydrogen-bond donors (Lipinski definition) is 1. The maximum Gasteiger partial charge on any atom is 0.253 e. The van der Waals surface area contributed by atoms with Crippen LogP contribution in [0.15, 0.2) is 39.3 Å². The average molecular weight is 399 g/mol. The van der Waals surface area contributed by atoms with Crippen LogP contribution in [0.3, 0.4) is 0 Å². The summed E-state index contributed by atoms with van der Waals surface area (Å²) in [6.45, 7) is 3.97. The molecule has 2 N–H and O–H groups in total. The van der Waals surface area contributed by atoms with E-state index < -0.39 is 5.91 Å². The predicted octanol–water partition coefficient (Wildman–Crippen LogP) is 4.72. The number of primary amides is 1. The normalized spacial score (nSPS) is 10.4. The monoisotopic (exact) mass is 397 g/mol. The average Bonchev–Trinajstić information content (AvgIpc) is 2.35. The summed E-state index contributed by atoms with van der Waals surface area (Å²) in [7, 11) is 0. The van der Waals surface area contributed by atoms with Gasteiger partial charge in [0.1, 0.15) is 11.5 Å². The van der Waals surface area contributed by atoms with Crippen molar-refractivity contribution in [3.8, 4) is 11.5 Å². The van der Waals surface area contributed by atoms with E-state index in [1.165, 1.54) is 0 Å². The summed E-state index contributed by atoms with van der Waals surface area (Å²) in [5.41, 5.74) is 7.87. The lowest BCUT2D eigenvalue weighted by Gasteiger charge is -2.12. The molecule has 0 aliphatic rings. The zero-order valence-electron chi connectivity index (χ0n) is 11.0. The van der Waals surface area contributed by atoms with Crippen LogP contribution in [0.25, 0.3) is 0 Å². The van der Waals surface area contributed by atoms with Crippen LogP contribution in [0.5, 0.6) is 11.5 Å². The molecule has 0 fully saturated rings. The van der Waals surface area contributed by atoms with Crippen LogP contribution in [0, 0.1) is 13.8 Å². The van der Waals surface area contributed by atoms with E-state index in [2.05, 4.69) is 31.9 Å². The second kappa shape index (κ2) is 5.97. The highest BCUT2D eigenvalue weighted by atomic mass is 79.9. The standard InChI is InChI=1S/C15H13Br2NO2/c1-8-6-10(7-9(2)14(8)17)20-12-5-3-4-11(16)13(12)15(18)19/h3-7H,1-2H3,(H2,18,19). The van der Waals surface area contributed by atoms with Crippen molar-refractivity contribution in [2.75, 3.05) is 0 Å². The summed E-state index contributed by atoms with van der Waals surface area (Å²) in [6, 6.07) is 9.08. The third kappa shape index (κ3) is 3.04. The molecule has 104 valence electrons. The Morgan fingerprint density at radius 1 is 1.15 bits per heavy atom. The summed E-state index contributed by atoms with van der Waals surface area (Å²) < 4.78 is 7.49. The zero-order chi connectivity index (χ0) is 14.9. The van der Waals surface area contributed by atoms with Gasteiger partial charge in [-0.25, -0.2) is 0 Å². The molecule has 0 aromatic heterocycles. The van der Waals surface area contributed by atoms with Gasteiger partial charge in [0.25, 0.3) is 5.91 Å². The van der Waals surface area contributed by atoms with Crippen LogP contribution >= 0.6 is 31.9 Å². The van der Waals surface area contributed by atoms with Gasteiger partial charge < -0.3 is 10.5 Å². The number of halogens is 2. The molecule has 0 aliphatic heterocycles. The SMILES string of the molecule is Cc1cc(Oc2cccc(Br)c2C(N)=O)cc(C)c1Br. The molecule has 0 saturated heterocycles. The second-order valence-electron chi connectivity index (χ2n) is 4.45. The van der Waals surface area contributed by atoms with Crippen molar-refractivity contribution in [2.24, 2.45) is 5.73 Å². The number of nitrogens with two attached hydrogens (primary N) is 1. The first-order valence-corrected chi connectivity index (χ1v) is 7.51. The lowest BCUT2D eigenvalue weighted by Crippen LogP contribution is -2.13. The van der Waals surface area contributed by atoms with E-state index in [1.807, 2.05) is 26.0 Å². The van der Waals surface area contributed by atoms with Crippen molar-refractivity contribution >= 4 is 37.8 Å². The number of benzene rings is 2. The summed E-state index contributed by atoms with van der Waals surface area (Å²) >= 11 is 6.82. The predicted molar refractivity (Wildman–Crippen MR) is 86.3 cm³/mol. The van der Waals surface area contributed by atoms with Gasteiger partial charge in [-0.1, -0.05) is 22.0 Å². The molecule has 2 aromatic carbocycles. The highest BCUT2D eigenvalue weighted by Gasteiger charge is 2.14.